The number of allylic oxidation sites excluding steroid dienone is 1. The predicted octanol–water partition coefficient (Wildman–Crippen LogP) is 3.51. The Morgan fingerprint density at radius 3 is 2.59 bits per heavy atom. The van der Waals surface area contributed by atoms with Crippen molar-refractivity contribution in [3.8, 4) is 11.8 Å². The second-order valence-corrected chi connectivity index (χ2v) is 6.46. The summed E-state index contributed by atoms with van der Waals surface area (Å²) in [5, 5.41) is 25.9. The van der Waals surface area contributed by atoms with Crippen LogP contribution in [0, 0.1) is 11.3 Å². The topological polar surface area (TPSA) is 99.5 Å². The molecule has 0 aliphatic rings. The summed E-state index contributed by atoms with van der Waals surface area (Å²) in [7, 11) is 1.61. The predicted molar refractivity (Wildman–Crippen MR) is 103 cm³/mol. The van der Waals surface area contributed by atoms with Crippen LogP contribution >= 0.6 is 0 Å². The Balaban J connectivity index is 1.96. The molecule has 136 valence electrons. The van der Waals surface area contributed by atoms with Crippen molar-refractivity contribution in [1.29, 1.82) is 5.26 Å². The summed E-state index contributed by atoms with van der Waals surface area (Å²) in [6.07, 6.45) is 1.54. The van der Waals surface area contributed by atoms with E-state index in [9.17, 15) is 5.26 Å². The number of H-pyrrole nitrogens is 1. The number of rotatable bonds is 6. The maximum absolute atomic E-state index is 9.32. The zero-order valence-electron chi connectivity index (χ0n) is 15.4. The zero-order valence-corrected chi connectivity index (χ0v) is 15.4. The van der Waals surface area contributed by atoms with Crippen molar-refractivity contribution in [1.82, 2.24) is 20.6 Å². The molecular formula is C20H20N6O. The molecule has 2 N–H and O–H groups in total. The monoisotopic (exact) mass is 360 g/mol. The number of methoxy groups -OCH3 is 1. The molecular weight excluding hydrogens is 340 g/mol. The Hall–Kier alpha value is -3.66. The van der Waals surface area contributed by atoms with Crippen molar-refractivity contribution >= 4 is 11.3 Å². The maximum atomic E-state index is 9.32. The lowest BCUT2D eigenvalue weighted by molar-refractivity contribution is 0.416. The quantitative estimate of drug-likeness (QED) is 0.653. The minimum Gasteiger partial charge on any atom is -0.495 e. The summed E-state index contributed by atoms with van der Waals surface area (Å²) in [6, 6.07) is 18.3. The van der Waals surface area contributed by atoms with Crippen LogP contribution in [-0.4, -0.2) is 27.7 Å². The lowest BCUT2D eigenvalue weighted by Gasteiger charge is -2.27. The number of aromatic nitrogens is 4. The first-order chi connectivity index (χ1) is 13.1. The average molecular weight is 360 g/mol. The lowest BCUT2D eigenvalue weighted by atomic mass is 9.78. The molecule has 0 aliphatic carbocycles. The van der Waals surface area contributed by atoms with Crippen molar-refractivity contribution in [2.75, 3.05) is 12.4 Å². The van der Waals surface area contributed by atoms with Crippen LogP contribution in [0.5, 0.6) is 5.75 Å². The highest BCUT2D eigenvalue weighted by Gasteiger charge is 2.24. The van der Waals surface area contributed by atoms with Crippen LogP contribution in [0.1, 0.15) is 30.8 Å². The van der Waals surface area contributed by atoms with Crippen LogP contribution in [0.4, 0.5) is 5.69 Å². The van der Waals surface area contributed by atoms with Gasteiger partial charge in [-0.2, -0.15) is 10.5 Å². The third kappa shape index (κ3) is 3.80. The van der Waals surface area contributed by atoms with Crippen molar-refractivity contribution < 1.29 is 4.74 Å². The third-order valence-corrected chi connectivity index (χ3v) is 4.50. The van der Waals surface area contributed by atoms with E-state index in [0.717, 1.165) is 11.3 Å². The fourth-order valence-electron chi connectivity index (χ4n) is 2.80. The number of ether oxygens (including phenoxy) is 1. The number of benzene rings is 2. The summed E-state index contributed by atoms with van der Waals surface area (Å²) in [6.45, 7) is 4.34. The second kappa shape index (κ2) is 7.70. The summed E-state index contributed by atoms with van der Waals surface area (Å²) in [5.74, 6) is 0.897. The van der Waals surface area contributed by atoms with Gasteiger partial charge in [-0.25, -0.2) is 0 Å². The zero-order chi connectivity index (χ0) is 19.3. The molecule has 0 spiro atoms. The van der Waals surface area contributed by atoms with Gasteiger partial charge in [-0.3, -0.25) is 0 Å². The van der Waals surface area contributed by atoms with Crippen LogP contribution in [0.25, 0.3) is 5.57 Å². The van der Waals surface area contributed by atoms with E-state index in [4.69, 9.17) is 4.74 Å². The molecule has 7 heteroatoms. The summed E-state index contributed by atoms with van der Waals surface area (Å²) in [4.78, 5) is 0. The molecule has 1 heterocycles. The first-order valence-corrected chi connectivity index (χ1v) is 8.41. The van der Waals surface area contributed by atoms with Crippen LogP contribution < -0.4 is 10.1 Å². The van der Waals surface area contributed by atoms with E-state index < -0.39 is 0 Å². The Bertz CT molecular complexity index is 971. The van der Waals surface area contributed by atoms with E-state index in [1.807, 2.05) is 36.4 Å². The van der Waals surface area contributed by atoms with Crippen molar-refractivity contribution in [3.63, 3.8) is 0 Å². The number of hydrogen-bond acceptors (Lipinski definition) is 6. The van der Waals surface area contributed by atoms with Gasteiger partial charge in [-0.1, -0.05) is 50.2 Å². The molecule has 0 bridgehead atoms. The molecule has 27 heavy (non-hydrogen) atoms. The number of anilines is 1. The third-order valence-electron chi connectivity index (χ3n) is 4.50. The molecule has 3 aromatic rings. The average Bonchev–Trinajstić information content (AvgIpc) is 3.23. The number of aromatic amines is 1. The fourth-order valence-corrected chi connectivity index (χ4v) is 2.80. The highest BCUT2D eigenvalue weighted by Crippen LogP contribution is 2.36. The van der Waals surface area contributed by atoms with Gasteiger partial charge in [0.25, 0.3) is 0 Å². The maximum Gasteiger partial charge on any atom is 0.216 e. The summed E-state index contributed by atoms with van der Waals surface area (Å²) < 4.78 is 5.45. The molecule has 0 fully saturated rings. The normalized spacial score (nSPS) is 11.7. The van der Waals surface area contributed by atoms with Crippen LogP contribution in [-0.2, 0) is 5.41 Å². The van der Waals surface area contributed by atoms with Crippen LogP contribution in [0.3, 0.4) is 0 Å². The Labute approximate surface area is 157 Å². The molecule has 0 aliphatic heterocycles. The minimum atomic E-state index is -0.195. The van der Waals surface area contributed by atoms with Crippen LogP contribution in [0.15, 0.2) is 54.7 Å². The molecule has 1 aromatic heterocycles. The van der Waals surface area contributed by atoms with E-state index in [1.165, 1.54) is 5.56 Å². The van der Waals surface area contributed by atoms with Crippen molar-refractivity contribution in [3.05, 3.63) is 71.7 Å². The Morgan fingerprint density at radius 2 is 1.96 bits per heavy atom. The lowest BCUT2D eigenvalue weighted by Crippen LogP contribution is -2.19. The molecule has 7 nitrogen and oxygen atoms in total. The van der Waals surface area contributed by atoms with Gasteiger partial charge in [-0.15, -0.1) is 10.2 Å². The molecule has 2 aromatic carbocycles. The van der Waals surface area contributed by atoms with Crippen molar-refractivity contribution in [2.45, 2.75) is 19.3 Å². The molecule has 0 amide bonds. The van der Waals surface area contributed by atoms with Crippen LogP contribution in [0.2, 0.25) is 0 Å². The van der Waals surface area contributed by atoms with E-state index in [-0.39, 0.29) is 16.8 Å². The molecule has 0 saturated heterocycles. The summed E-state index contributed by atoms with van der Waals surface area (Å²) in [5.41, 5.74) is 3.14. The van der Waals surface area contributed by atoms with Crippen molar-refractivity contribution in [2.24, 2.45) is 0 Å². The second-order valence-electron chi connectivity index (χ2n) is 6.46. The molecule has 0 radical (unpaired) electrons. The number of nitrogens with one attached hydrogen (secondary N) is 2. The number of nitriles is 1. The van der Waals surface area contributed by atoms with E-state index >= 15 is 0 Å². The molecule has 0 atom stereocenters. The van der Waals surface area contributed by atoms with Gasteiger partial charge in [0.15, 0.2) is 0 Å². The number of hydrogen-bond donors (Lipinski definition) is 2. The SMILES string of the molecule is COc1ccc(C(C)(C)c2ccccc2)cc1NC=C(C#N)c1nn[nH]n1. The van der Waals surface area contributed by atoms with Gasteiger partial charge >= 0.3 is 0 Å². The largest absolute Gasteiger partial charge is 0.495 e. The van der Waals surface area contributed by atoms with E-state index in [0.29, 0.717) is 5.75 Å². The van der Waals surface area contributed by atoms with Gasteiger partial charge in [0, 0.05) is 11.6 Å². The van der Waals surface area contributed by atoms with Gasteiger partial charge < -0.3 is 10.1 Å². The standard InChI is InChI=1S/C20H20N6O/c1-20(2,15-7-5-4-6-8-15)16-9-10-18(27-3)17(11-16)22-13-14(12-21)19-23-25-26-24-19/h4-11,13,22H,1-3H3,(H,23,24,25,26). The van der Waals surface area contributed by atoms with Gasteiger partial charge in [0.05, 0.1) is 12.8 Å². The molecule has 3 rings (SSSR count). The summed E-state index contributed by atoms with van der Waals surface area (Å²) >= 11 is 0. The number of nitrogens with zero attached hydrogens (tertiary/aromatic N) is 4. The van der Waals surface area contributed by atoms with Gasteiger partial charge in [0.1, 0.15) is 17.4 Å². The first-order valence-electron chi connectivity index (χ1n) is 8.41. The first kappa shape index (κ1) is 18.1. The van der Waals surface area contributed by atoms with E-state index in [2.05, 4.69) is 58.0 Å². The van der Waals surface area contributed by atoms with Gasteiger partial charge in [0.2, 0.25) is 5.82 Å². The minimum absolute atomic E-state index is 0.195. The Kier molecular flexibility index (Phi) is 5.18. The fraction of sp³-hybridized carbons (Fsp3) is 0.200. The number of tetrazole rings is 1. The van der Waals surface area contributed by atoms with Gasteiger partial charge in [-0.05, 0) is 28.5 Å². The Morgan fingerprint density at radius 1 is 1.19 bits per heavy atom. The highest BCUT2D eigenvalue weighted by atomic mass is 16.5. The van der Waals surface area contributed by atoms with E-state index in [1.54, 1.807) is 13.3 Å². The molecule has 0 unspecified atom stereocenters. The smallest absolute Gasteiger partial charge is 0.216 e. The highest BCUT2D eigenvalue weighted by molar-refractivity contribution is 5.75. The molecule has 0 saturated carbocycles.